The van der Waals surface area contributed by atoms with Crippen molar-refractivity contribution in [3.05, 3.63) is 61.0 Å². The van der Waals surface area contributed by atoms with Crippen LogP contribution in [0.25, 0.3) is 0 Å². The van der Waals surface area contributed by atoms with Crippen molar-refractivity contribution in [3.63, 3.8) is 0 Å². The number of thiazole rings is 2. The number of amides is 1. The van der Waals surface area contributed by atoms with E-state index < -0.39 is 4.92 Å². The van der Waals surface area contributed by atoms with E-state index in [1.165, 1.54) is 29.2 Å². The Morgan fingerprint density at radius 3 is 2.59 bits per heavy atom. The number of nitrogens with zero attached hydrogens (tertiary/aromatic N) is 3. The van der Waals surface area contributed by atoms with Crippen LogP contribution in [0.15, 0.2) is 38.2 Å². The van der Waals surface area contributed by atoms with Gasteiger partial charge in [-0.25, -0.2) is 9.97 Å². The Bertz CT molecular complexity index is 1020. The Labute approximate surface area is 180 Å². The number of hydrogen-bond donors (Lipinski definition) is 1. The number of nitro benzene ring substituents is 1. The van der Waals surface area contributed by atoms with Crippen molar-refractivity contribution in [2.45, 2.75) is 42.3 Å². The summed E-state index contributed by atoms with van der Waals surface area (Å²) in [6.07, 6.45) is 2.64. The molecule has 2 aromatic heterocycles. The van der Waals surface area contributed by atoms with E-state index in [0.29, 0.717) is 11.4 Å². The van der Waals surface area contributed by atoms with Crippen LogP contribution in [0.1, 0.15) is 39.6 Å². The van der Waals surface area contributed by atoms with E-state index in [0.717, 1.165) is 40.0 Å². The molecule has 0 saturated carbocycles. The lowest BCUT2D eigenvalue weighted by molar-refractivity contribution is -0.387. The minimum atomic E-state index is -0.463. The summed E-state index contributed by atoms with van der Waals surface area (Å²) >= 11 is 4.32. The highest BCUT2D eigenvalue weighted by Gasteiger charge is 2.19. The van der Waals surface area contributed by atoms with Gasteiger partial charge >= 0.3 is 0 Å². The highest BCUT2D eigenvalue weighted by Crippen LogP contribution is 2.36. The van der Waals surface area contributed by atoms with Gasteiger partial charge in [0.25, 0.3) is 11.6 Å². The zero-order valence-corrected chi connectivity index (χ0v) is 18.5. The van der Waals surface area contributed by atoms with E-state index in [2.05, 4.69) is 15.3 Å². The quantitative estimate of drug-likeness (QED) is 0.280. The fraction of sp³-hybridized carbons (Fsp3) is 0.316. The molecule has 0 atom stereocenters. The molecule has 0 saturated heterocycles. The third kappa shape index (κ3) is 6.09. The lowest BCUT2D eigenvalue weighted by Crippen LogP contribution is -2.24. The molecule has 1 N–H and O–H groups in total. The van der Waals surface area contributed by atoms with Gasteiger partial charge in [0.1, 0.15) is 0 Å². The van der Waals surface area contributed by atoms with Crippen LogP contribution >= 0.6 is 34.4 Å². The maximum Gasteiger partial charge on any atom is 0.284 e. The van der Waals surface area contributed by atoms with Crippen LogP contribution in [0, 0.1) is 24.0 Å². The minimum absolute atomic E-state index is 0.0883. The van der Waals surface area contributed by atoms with Crippen LogP contribution in [-0.2, 0) is 6.42 Å². The van der Waals surface area contributed by atoms with Gasteiger partial charge in [0.05, 0.1) is 14.8 Å². The van der Waals surface area contributed by atoms with E-state index in [1.807, 2.05) is 24.6 Å². The Morgan fingerprint density at radius 2 is 1.93 bits per heavy atom. The van der Waals surface area contributed by atoms with Crippen LogP contribution in [0.2, 0.25) is 0 Å². The molecule has 0 unspecified atom stereocenters. The summed E-state index contributed by atoms with van der Waals surface area (Å²) in [7, 11) is 0. The fourth-order valence-electron chi connectivity index (χ4n) is 2.58. The molecule has 0 aliphatic rings. The number of benzene rings is 1. The Balaban J connectivity index is 1.55. The fourth-order valence-corrected chi connectivity index (χ4v) is 5.28. The molecule has 3 rings (SSSR count). The second kappa shape index (κ2) is 9.95. The number of rotatable bonds is 9. The predicted octanol–water partition coefficient (Wildman–Crippen LogP) is 5.03. The van der Waals surface area contributed by atoms with Crippen molar-refractivity contribution in [2.24, 2.45) is 0 Å². The molecule has 1 aromatic carbocycles. The van der Waals surface area contributed by atoms with Gasteiger partial charge < -0.3 is 5.32 Å². The molecule has 0 bridgehead atoms. The van der Waals surface area contributed by atoms with E-state index in [9.17, 15) is 14.9 Å². The molecule has 0 aliphatic heterocycles. The first-order chi connectivity index (χ1) is 13.9. The maximum absolute atomic E-state index is 12.4. The molecule has 0 fully saturated rings. The molecule has 0 spiro atoms. The second-order valence-corrected chi connectivity index (χ2v) is 9.48. The van der Waals surface area contributed by atoms with Gasteiger partial charge in [-0.3, -0.25) is 14.9 Å². The summed E-state index contributed by atoms with van der Waals surface area (Å²) in [6, 6.07) is 4.55. The van der Waals surface area contributed by atoms with Gasteiger partial charge in [-0.05, 0) is 45.2 Å². The second-order valence-electron chi connectivity index (χ2n) is 6.39. The van der Waals surface area contributed by atoms with Crippen LogP contribution in [0.3, 0.4) is 0 Å². The number of aromatic nitrogens is 2. The molecule has 2 heterocycles. The highest BCUT2D eigenvalue weighted by atomic mass is 32.2. The lowest BCUT2D eigenvalue weighted by atomic mass is 10.2. The summed E-state index contributed by atoms with van der Waals surface area (Å²) < 4.78 is 0.734. The number of hydrogen-bond acceptors (Lipinski definition) is 8. The Kier molecular flexibility index (Phi) is 7.34. The highest BCUT2D eigenvalue weighted by molar-refractivity contribution is 8.01. The van der Waals surface area contributed by atoms with Crippen LogP contribution in [-0.4, -0.2) is 27.3 Å². The van der Waals surface area contributed by atoms with Gasteiger partial charge in [0.2, 0.25) is 0 Å². The average Bonchev–Trinajstić information content (AvgIpc) is 3.29. The summed E-state index contributed by atoms with van der Waals surface area (Å²) in [6.45, 7) is 4.37. The summed E-state index contributed by atoms with van der Waals surface area (Å²) in [4.78, 5) is 32.6. The molecule has 10 heteroatoms. The van der Waals surface area contributed by atoms with E-state index in [4.69, 9.17) is 0 Å². The Morgan fingerprint density at radius 1 is 1.17 bits per heavy atom. The lowest BCUT2D eigenvalue weighted by Gasteiger charge is -2.07. The normalized spacial score (nSPS) is 10.8. The van der Waals surface area contributed by atoms with Crippen molar-refractivity contribution in [1.82, 2.24) is 15.3 Å². The van der Waals surface area contributed by atoms with Crippen LogP contribution in [0.5, 0.6) is 0 Å². The van der Waals surface area contributed by atoms with Gasteiger partial charge in [-0.15, -0.1) is 22.7 Å². The largest absolute Gasteiger partial charge is 0.352 e. The molecule has 0 radical (unpaired) electrons. The van der Waals surface area contributed by atoms with Crippen molar-refractivity contribution in [3.8, 4) is 0 Å². The molecule has 3 aromatic rings. The van der Waals surface area contributed by atoms with Crippen LogP contribution in [0.4, 0.5) is 5.69 Å². The first-order valence-corrected chi connectivity index (χ1v) is 11.6. The van der Waals surface area contributed by atoms with E-state index >= 15 is 0 Å². The number of carbonyl (C=O) groups is 1. The van der Waals surface area contributed by atoms with Gasteiger partial charge in [-0.2, -0.15) is 0 Å². The number of aryl methyl sites for hydroxylation is 3. The minimum Gasteiger partial charge on any atom is -0.352 e. The van der Waals surface area contributed by atoms with Crippen molar-refractivity contribution in [2.75, 3.05) is 6.54 Å². The number of nitrogens with one attached hydrogen (secondary N) is 1. The van der Waals surface area contributed by atoms with Crippen molar-refractivity contribution in [1.29, 1.82) is 0 Å². The molecular weight excluding hydrogens is 428 g/mol. The van der Waals surface area contributed by atoms with Gasteiger partial charge in [0.15, 0.2) is 4.34 Å². The number of carbonyl (C=O) groups excluding carboxylic acids is 1. The SMILES string of the molecule is Cc1csc(CCCCNC(=O)c2ccc(Sc3nc(C)cs3)c([N+](=O)[O-])c2)n1. The molecular formula is C19H20N4O3S3. The van der Waals surface area contributed by atoms with Gasteiger partial charge in [-0.1, -0.05) is 11.8 Å². The zero-order valence-electron chi connectivity index (χ0n) is 16.0. The molecule has 1 amide bonds. The average molecular weight is 449 g/mol. The van der Waals surface area contributed by atoms with Gasteiger partial charge in [0, 0.05) is 40.3 Å². The number of unbranched alkanes of at least 4 members (excludes halogenated alkanes) is 1. The zero-order chi connectivity index (χ0) is 20.8. The number of nitro groups is 1. The predicted molar refractivity (Wildman–Crippen MR) is 116 cm³/mol. The monoisotopic (exact) mass is 448 g/mol. The first kappa shape index (κ1) is 21.4. The summed E-state index contributed by atoms with van der Waals surface area (Å²) in [5.74, 6) is -0.306. The third-order valence-electron chi connectivity index (χ3n) is 3.98. The smallest absolute Gasteiger partial charge is 0.284 e. The molecule has 0 aliphatic carbocycles. The van der Waals surface area contributed by atoms with Crippen molar-refractivity contribution >= 4 is 46.0 Å². The van der Waals surface area contributed by atoms with E-state index in [-0.39, 0.29) is 17.2 Å². The van der Waals surface area contributed by atoms with E-state index in [1.54, 1.807) is 23.5 Å². The topological polar surface area (TPSA) is 98.0 Å². The Hall–Kier alpha value is -2.30. The van der Waals surface area contributed by atoms with Crippen LogP contribution < -0.4 is 5.32 Å². The third-order valence-corrected chi connectivity index (χ3v) is 7.13. The summed E-state index contributed by atoms with van der Waals surface area (Å²) in [5, 5.41) is 19.3. The standard InChI is InChI=1S/C19H20N4O3S3/c1-12-10-27-17(21-12)5-3-4-8-20-18(24)14-6-7-16(15(9-14)23(25)26)29-19-22-13(2)11-28-19/h6-7,9-11H,3-5,8H2,1-2H3,(H,20,24). The summed E-state index contributed by atoms with van der Waals surface area (Å²) in [5.41, 5.74) is 2.11. The molecule has 7 nitrogen and oxygen atoms in total. The molecule has 29 heavy (non-hydrogen) atoms. The van der Waals surface area contributed by atoms with Crippen molar-refractivity contribution < 1.29 is 9.72 Å². The maximum atomic E-state index is 12.4. The molecule has 152 valence electrons. The first-order valence-electron chi connectivity index (χ1n) is 9.00.